The second-order valence-corrected chi connectivity index (χ2v) is 11.4. The number of amides is 3. The predicted molar refractivity (Wildman–Crippen MR) is 126 cm³/mol. The van der Waals surface area contributed by atoms with Crippen LogP contribution in [0.2, 0.25) is 0 Å². The zero-order valence-corrected chi connectivity index (χ0v) is 20.3. The van der Waals surface area contributed by atoms with Crippen LogP contribution in [0.4, 0.5) is 25.4 Å². The van der Waals surface area contributed by atoms with Crippen molar-refractivity contribution in [3.8, 4) is 0 Å². The number of benzene rings is 1. The van der Waals surface area contributed by atoms with Crippen LogP contribution in [0.15, 0.2) is 18.2 Å². The van der Waals surface area contributed by atoms with Crippen LogP contribution >= 0.6 is 29.4 Å². The number of thioether (sulfide) groups is 1. The minimum Gasteiger partial charge on any atom is -0.442 e. The van der Waals surface area contributed by atoms with Gasteiger partial charge in [0, 0.05) is 43.8 Å². The minimum atomic E-state index is -0.656. The average molecular weight is 522 g/mol. The fraction of sp³-hybridized carbons (Fsp3) is 0.500. The minimum absolute atomic E-state index is 0.0429. The van der Waals surface area contributed by atoms with E-state index in [1.807, 2.05) is 0 Å². The number of piperazine rings is 1. The van der Waals surface area contributed by atoms with Crippen LogP contribution in [0.3, 0.4) is 0 Å². The molecule has 0 spiro atoms. The summed E-state index contributed by atoms with van der Waals surface area (Å²) < 4.78 is 19.5. The molecular formula is C18H25FN4O7P2S. The number of nitrogens with one attached hydrogen (secondary N) is 1. The third-order valence-electron chi connectivity index (χ3n) is 5.16. The number of carbonyl (C=O) groups excluding carboxylic acids is 3. The van der Waals surface area contributed by atoms with E-state index in [2.05, 4.69) is 5.32 Å². The molecule has 182 valence electrons. The number of cyclic esters (lactones) is 1. The van der Waals surface area contributed by atoms with Crippen molar-refractivity contribution in [3.05, 3.63) is 24.0 Å². The van der Waals surface area contributed by atoms with Crippen LogP contribution in [0.1, 0.15) is 0 Å². The Hall–Kier alpha value is -1.75. The molecule has 0 saturated carbocycles. The first-order valence-electron chi connectivity index (χ1n) is 10.0. The molecule has 1 aromatic rings. The summed E-state index contributed by atoms with van der Waals surface area (Å²) in [6.07, 6.45) is -1.29. The van der Waals surface area contributed by atoms with Crippen LogP contribution in [0, 0.1) is 5.82 Å². The van der Waals surface area contributed by atoms with Crippen molar-refractivity contribution in [1.29, 1.82) is 0 Å². The van der Waals surface area contributed by atoms with Crippen molar-refractivity contribution in [1.82, 2.24) is 10.2 Å². The van der Waals surface area contributed by atoms with Gasteiger partial charge in [-0.25, -0.2) is 9.18 Å². The summed E-state index contributed by atoms with van der Waals surface area (Å²) in [7, 11) is -1.15. The van der Waals surface area contributed by atoms with E-state index in [1.165, 1.54) is 15.9 Å². The van der Waals surface area contributed by atoms with E-state index in [9.17, 15) is 18.8 Å². The lowest BCUT2D eigenvalue weighted by Gasteiger charge is -2.36. The Balaban J connectivity index is 1.55. The Labute approximate surface area is 197 Å². The van der Waals surface area contributed by atoms with Gasteiger partial charge in [0.15, 0.2) is 0 Å². The number of aliphatic hydroxyl groups excluding tert-OH is 1. The largest absolute Gasteiger partial charge is 0.442 e. The number of rotatable bonds is 8. The topological polar surface area (TPSA) is 143 Å². The summed E-state index contributed by atoms with van der Waals surface area (Å²) in [6, 6.07) is 4.42. The molecule has 0 aliphatic carbocycles. The first kappa shape index (κ1) is 25.9. The van der Waals surface area contributed by atoms with Gasteiger partial charge in [-0.3, -0.25) is 14.5 Å². The summed E-state index contributed by atoms with van der Waals surface area (Å²) in [5.41, 5.74) is 0.675. The molecule has 0 radical (unpaired) electrons. The van der Waals surface area contributed by atoms with E-state index in [0.717, 1.165) is 11.8 Å². The Kier molecular flexibility index (Phi) is 9.48. The van der Waals surface area contributed by atoms with Gasteiger partial charge in [-0.15, -0.1) is 0 Å². The number of hydrogen-bond donors (Lipinski definition) is 4. The first-order valence-corrected chi connectivity index (χ1v) is 12.9. The van der Waals surface area contributed by atoms with Gasteiger partial charge in [0.05, 0.1) is 29.2 Å². The molecule has 2 aliphatic rings. The van der Waals surface area contributed by atoms with Crippen LogP contribution in [0.25, 0.3) is 0 Å². The predicted octanol–water partition coefficient (Wildman–Crippen LogP) is 0.690. The van der Waals surface area contributed by atoms with Crippen LogP contribution in [-0.2, 0) is 9.53 Å². The number of anilines is 2. The second kappa shape index (κ2) is 12.1. The van der Waals surface area contributed by atoms with Crippen LogP contribution in [0.5, 0.6) is 0 Å². The lowest BCUT2D eigenvalue weighted by atomic mass is 10.2. The van der Waals surface area contributed by atoms with E-state index in [1.54, 1.807) is 17.0 Å². The Morgan fingerprint density at radius 3 is 2.55 bits per heavy atom. The highest BCUT2D eigenvalue weighted by molar-refractivity contribution is 8.20. The van der Waals surface area contributed by atoms with Crippen molar-refractivity contribution in [3.63, 3.8) is 0 Å². The standard InChI is InChI=1S/C18H25FN4O7P2S/c19-13-7-11(1-2-14(13)21-3-5-22(6-4-21)15(25)10-24)23-9-12(30-17(23)27)8-20-16(26)33-18(31-28)32-29/h1-2,7,12,18,24,28-29,31-32H,3-6,8-10H2,(H,20,26)/t12-/m0/s1. The van der Waals surface area contributed by atoms with Crippen molar-refractivity contribution >= 4 is 58.0 Å². The Bertz CT molecular complexity index is 874. The highest BCUT2D eigenvalue weighted by Crippen LogP contribution is 2.38. The normalized spacial score (nSPS) is 20.2. The van der Waals surface area contributed by atoms with Gasteiger partial charge >= 0.3 is 6.09 Å². The fourth-order valence-electron chi connectivity index (χ4n) is 3.48. The van der Waals surface area contributed by atoms with Gasteiger partial charge in [0.25, 0.3) is 5.24 Å². The van der Waals surface area contributed by atoms with Gasteiger partial charge in [-0.1, -0.05) is 0 Å². The highest BCUT2D eigenvalue weighted by atomic mass is 32.2. The van der Waals surface area contributed by atoms with Crippen LogP contribution in [-0.4, -0.2) is 93.7 Å². The SMILES string of the molecule is O=C(NC[C@H]1CN(c2ccc(N3CCN(C(=O)CO)CC3)c(F)c2)C(=O)O1)SC(PO)PO. The summed E-state index contributed by atoms with van der Waals surface area (Å²) >= 11 is 0.778. The summed E-state index contributed by atoms with van der Waals surface area (Å²) in [4.78, 5) is 58.4. The molecular weight excluding hydrogens is 497 g/mol. The van der Waals surface area contributed by atoms with Crippen molar-refractivity contribution < 1.29 is 38.4 Å². The first-order chi connectivity index (χ1) is 15.9. The molecule has 2 aliphatic heterocycles. The number of halogens is 1. The quantitative estimate of drug-likeness (QED) is 0.363. The molecule has 2 fully saturated rings. The lowest BCUT2D eigenvalue weighted by molar-refractivity contribution is -0.134. The second-order valence-electron chi connectivity index (χ2n) is 7.20. The monoisotopic (exact) mass is 522 g/mol. The highest BCUT2D eigenvalue weighted by Gasteiger charge is 2.33. The molecule has 33 heavy (non-hydrogen) atoms. The van der Waals surface area contributed by atoms with Gasteiger partial charge < -0.3 is 34.7 Å². The average Bonchev–Trinajstić information content (AvgIpc) is 3.21. The number of aliphatic hydroxyl groups is 1. The maximum Gasteiger partial charge on any atom is 0.414 e. The van der Waals surface area contributed by atoms with Gasteiger partial charge in [-0.2, -0.15) is 0 Å². The smallest absolute Gasteiger partial charge is 0.414 e. The van der Waals surface area contributed by atoms with Crippen molar-refractivity contribution in [2.75, 3.05) is 55.7 Å². The molecule has 2 unspecified atom stereocenters. The van der Waals surface area contributed by atoms with Gasteiger partial charge in [-0.05, 0) is 30.0 Å². The summed E-state index contributed by atoms with van der Waals surface area (Å²) in [6.45, 7) is 1.21. The molecule has 1 aromatic carbocycles. The molecule has 3 amide bonds. The van der Waals surface area contributed by atoms with E-state index >= 15 is 0 Å². The molecule has 2 heterocycles. The van der Waals surface area contributed by atoms with Crippen molar-refractivity contribution in [2.45, 2.75) is 10.8 Å². The molecule has 2 saturated heterocycles. The molecule has 15 heteroatoms. The molecule has 0 aromatic heterocycles. The molecule has 3 atom stereocenters. The van der Waals surface area contributed by atoms with E-state index in [0.29, 0.717) is 37.6 Å². The summed E-state index contributed by atoms with van der Waals surface area (Å²) in [5, 5.41) is 11.1. The maximum atomic E-state index is 14.8. The zero-order chi connectivity index (χ0) is 24.0. The van der Waals surface area contributed by atoms with Gasteiger partial charge in [0.2, 0.25) is 5.91 Å². The van der Waals surface area contributed by atoms with Gasteiger partial charge in [0.1, 0.15) is 18.5 Å². The fourth-order valence-corrected chi connectivity index (χ4v) is 5.16. The van der Waals surface area contributed by atoms with E-state index < -0.39 is 52.2 Å². The lowest BCUT2D eigenvalue weighted by Crippen LogP contribution is -2.49. The number of hydrogen-bond acceptors (Lipinski definition) is 9. The number of nitrogens with zero attached hydrogens (tertiary/aromatic N) is 3. The third-order valence-corrected chi connectivity index (χ3v) is 8.34. The number of carbonyl (C=O) groups is 3. The molecule has 3 rings (SSSR count). The molecule has 0 bridgehead atoms. The Morgan fingerprint density at radius 2 is 1.94 bits per heavy atom. The number of ether oxygens (including phenoxy) is 1. The zero-order valence-electron chi connectivity index (χ0n) is 17.4. The van der Waals surface area contributed by atoms with E-state index in [-0.39, 0.29) is 19.0 Å². The maximum absolute atomic E-state index is 14.8. The third kappa shape index (κ3) is 6.65. The van der Waals surface area contributed by atoms with Crippen LogP contribution < -0.4 is 15.1 Å². The summed E-state index contributed by atoms with van der Waals surface area (Å²) in [5.74, 6) is -0.874. The van der Waals surface area contributed by atoms with Crippen molar-refractivity contribution in [2.24, 2.45) is 0 Å². The Morgan fingerprint density at radius 1 is 1.24 bits per heavy atom. The van der Waals surface area contributed by atoms with E-state index in [4.69, 9.17) is 19.6 Å². The molecule has 11 nitrogen and oxygen atoms in total. The molecule has 4 N–H and O–H groups in total.